The molecule has 0 aliphatic carbocycles. The molecule has 0 spiro atoms. The van der Waals surface area contributed by atoms with E-state index in [1.54, 1.807) is 0 Å². The number of halogens is 3. The Bertz CT molecular complexity index is 2350. The van der Waals surface area contributed by atoms with E-state index in [1.165, 1.54) is 6.92 Å². The van der Waals surface area contributed by atoms with Gasteiger partial charge in [0.25, 0.3) is 5.91 Å². The van der Waals surface area contributed by atoms with Crippen molar-refractivity contribution in [3.8, 4) is 16.9 Å². The maximum absolute atomic E-state index is 14.0. The fourth-order valence-electron chi connectivity index (χ4n) is 3.18. The number of rotatable bonds is 6. The highest BCUT2D eigenvalue weighted by molar-refractivity contribution is 6.05. The van der Waals surface area contributed by atoms with E-state index in [9.17, 15) is 18.0 Å². The van der Waals surface area contributed by atoms with E-state index in [0.29, 0.717) is 16.7 Å². The van der Waals surface area contributed by atoms with Crippen LogP contribution < -0.4 is 10.6 Å². The number of carbonyl (C=O) groups is 1. The second kappa shape index (κ2) is 10.4. The Kier molecular flexibility index (Phi) is 3.63. The zero-order chi connectivity index (χ0) is 39.6. The van der Waals surface area contributed by atoms with E-state index in [0.717, 1.165) is 6.07 Å². The molecule has 196 valence electrons. The standard InChI is InChI=1S/C28H22F3N7O/c1-17-5-6-19(10-25(17)37-27-33-9-7-24(36-27)20-4-3-8-32-14-20)26(39)35-22-11-21(28(29,30)31)12-23(13-22)38-15-18(2)34-16-38/h3-16H,1-2H3,(H,35,39)(H,33,36,37)/i2D3,3D,4D,5D,6D,7D,8D,9D,10D,14D,15D,16D. The Morgan fingerprint density at radius 3 is 2.77 bits per heavy atom. The lowest BCUT2D eigenvalue weighted by Crippen LogP contribution is -2.14. The Balaban J connectivity index is 1.60. The van der Waals surface area contributed by atoms with Crippen LogP contribution in [-0.2, 0) is 6.18 Å². The molecule has 2 aromatic carbocycles. The molecule has 3 aromatic heterocycles. The van der Waals surface area contributed by atoms with Crippen molar-refractivity contribution in [2.24, 2.45) is 0 Å². The second-order valence-corrected chi connectivity index (χ2v) is 7.70. The summed E-state index contributed by atoms with van der Waals surface area (Å²) in [5.41, 5.74) is -5.83. The van der Waals surface area contributed by atoms with Gasteiger partial charge in [-0.05, 0) is 67.8 Å². The third kappa shape index (κ3) is 5.93. The van der Waals surface area contributed by atoms with Crippen molar-refractivity contribution in [1.29, 1.82) is 0 Å². The summed E-state index contributed by atoms with van der Waals surface area (Å²) in [6.45, 7) is -1.72. The molecule has 0 radical (unpaired) electrons. The highest BCUT2D eigenvalue weighted by Gasteiger charge is 2.31. The normalized spacial score (nSPS) is 16.7. The van der Waals surface area contributed by atoms with Crippen LogP contribution in [0.1, 0.15) is 46.4 Å². The molecule has 0 saturated heterocycles. The van der Waals surface area contributed by atoms with Gasteiger partial charge in [-0.1, -0.05) is 6.04 Å². The van der Waals surface area contributed by atoms with Crippen molar-refractivity contribution < 1.29 is 37.2 Å². The highest BCUT2D eigenvalue weighted by atomic mass is 19.4. The van der Waals surface area contributed by atoms with Gasteiger partial charge < -0.3 is 15.2 Å². The minimum Gasteiger partial charge on any atom is -0.324 e. The summed E-state index contributed by atoms with van der Waals surface area (Å²) >= 11 is 0. The monoisotopic (exact) mass is 543 g/mol. The summed E-state index contributed by atoms with van der Waals surface area (Å²) < 4.78 is 155. The van der Waals surface area contributed by atoms with Crippen molar-refractivity contribution in [2.45, 2.75) is 20.0 Å². The third-order valence-corrected chi connectivity index (χ3v) is 4.96. The number of aryl methyl sites for hydroxylation is 1. The first kappa shape index (κ1) is 13.7. The summed E-state index contributed by atoms with van der Waals surface area (Å²) in [7, 11) is 0. The van der Waals surface area contributed by atoms with Crippen molar-refractivity contribution in [3.63, 3.8) is 0 Å². The van der Waals surface area contributed by atoms with E-state index in [-0.39, 0.29) is 5.56 Å². The Labute approximate surface area is 241 Å². The van der Waals surface area contributed by atoms with Crippen LogP contribution in [0.15, 0.2) is 85.4 Å². The topological polar surface area (TPSA) is 97.6 Å². The van der Waals surface area contributed by atoms with Crippen LogP contribution in [0.4, 0.5) is 30.5 Å². The predicted molar refractivity (Wildman–Crippen MR) is 141 cm³/mol. The van der Waals surface area contributed by atoms with E-state index < -0.39 is 137 Å². The van der Waals surface area contributed by atoms with Crippen LogP contribution in [0.3, 0.4) is 0 Å². The van der Waals surface area contributed by atoms with Crippen LogP contribution in [0.5, 0.6) is 0 Å². The van der Waals surface area contributed by atoms with Gasteiger partial charge in [0.1, 0.15) is 1.37 Å². The number of alkyl halides is 3. The molecule has 11 heteroatoms. The molecular weight excluding hydrogens is 507 g/mol. The average Bonchev–Trinajstić information content (AvgIpc) is 3.36. The quantitative estimate of drug-likeness (QED) is 0.259. The van der Waals surface area contributed by atoms with E-state index in [4.69, 9.17) is 19.2 Å². The molecule has 1 amide bonds. The van der Waals surface area contributed by atoms with Gasteiger partial charge in [-0.3, -0.25) is 9.78 Å². The fraction of sp³-hybridized carbons (Fsp3) is 0.107. The first-order chi connectivity index (χ1) is 24.4. The number of benzene rings is 2. The molecular formula is C28H22F3N7O. The van der Waals surface area contributed by atoms with Crippen LogP contribution in [-0.4, -0.2) is 30.4 Å². The number of nitrogens with one attached hydrogen (secondary N) is 2. The Hall–Kier alpha value is -5.06. The third-order valence-electron chi connectivity index (χ3n) is 4.96. The number of amides is 1. The number of aromatic nitrogens is 5. The van der Waals surface area contributed by atoms with Gasteiger partial charge in [0.15, 0.2) is 0 Å². The molecule has 5 rings (SSSR count). The molecule has 3 heterocycles. The maximum atomic E-state index is 14.0. The number of hydrogen-bond acceptors (Lipinski definition) is 6. The second-order valence-electron chi connectivity index (χ2n) is 7.70. The molecule has 0 aliphatic rings. The number of anilines is 3. The number of nitrogens with zero attached hydrogens (tertiary/aromatic N) is 5. The minimum absolute atomic E-state index is 0.128. The van der Waals surface area contributed by atoms with Crippen LogP contribution in [0.25, 0.3) is 16.9 Å². The van der Waals surface area contributed by atoms with Crippen LogP contribution in [0.2, 0.25) is 0 Å². The first-order valence-electron chi connectivity index (χ1n) is 17.7. The van der Waals surface area contributed by atoms with Crippen molar-refractivity contribution in [1.82, 2.24) is 24.5 Å². The highest BCUT2D eigenvalue weighted by Crippen LogP contribution is 2.33. The minimum atomic E-state index is -5.06. The van der Waals surface area contributed by atoms with E-state index >= 15 is 0 Å². The maximum Gasteiger partial charge on any atom is 0.416 e. The van der Waals surface area contributed by atoms with Crippen LogP contribution in [0, 0.1) is 13.8 Å². The smallest absolute Gasteiger partial charge is 0.324 e. The molecule has 39 heavy (non-hydrogen) atoms. The molecule has 0 aliphatic heterocycles. The Morgan fingerprint density at radius 2 is 1.97 bits per heavy atom. The summed E-state index contributed by atoms with van der Waals surface area (Å²) in [5.74, 6) is -1.92. The van der Waals surface area contributed by atoms with Crippen molar-refractivity contribution >= 4 is 23.2 Å². The first-order valence-corrected chi connectivity index (χ1v) is 10.7. The van der Waals surface area contributed by atoms with Gasteiger partial charge in [0, 0.05) is 57.0 Å². The fourth-order valence-corrected chi connectivity index (χ4v) is 3.18. The van der Waals surface area contributed by atoms with E-state index in [1.807, 2.05) is 0 Å². The summed E-state index contributed by atoms with van der Waals surface area (Å²) in [6.07, 6.45) is -9.03. The molecule has 2 N–H and O–H groups in total. The summed E-state index contributed by atoms with van der Waals surface area (Å²) in [5, 5.41) is 4.65. The molecule has 0 bridgehead atoms. The molecule has 8 nitrogen and oxygen atoms in total. The van der Waals surface area contributed by atoms with Gasteiger partial charge in [0.05, 0.1) is 37.0 Å². The van der Waals surface area contributed by atoms with Gasteiger partial charge in [-0.25, -0.2) is 15.0 Å². The lowest BCUT2D eigenvalue weighted by molar-refractivity contribution is -0.137. The molecule has 0 saturated carbocycles. The number of hydrogen-bond donors (Lipinski definition) is 2. The lowest BCUT2D eigenvalue weighted by atomic mass is 10.1. The van der Waals surface area contributed by atoms with Gasteiger partial charge in [0.2, 0.25) is 5.95 Å². The lowest BCUT2D eigenvalue weighted by Gasteiger charge is -2.14. The molecule has 0 atom stereocenters. The zero-order valence-electron chi connectivity index (χ0n) is 33.5. The predicted octanol–water partition coefficient (Wildman–Crippen LogP) is 6.36. The summed E-state index contributed by atoms with van der Waals surface area (Å²) in [4.78, 5) is 28.5. The zero-order valence-corrected chi connectivity index (χ0v) is 19.5. The van der Waals surface area contributed by atoms with Gasteiger partial charge in [-0.15, -0.1) is 0 Å². The van der Waals surface area contributed by atoms with Crippen LogP contribution >= 0.6 is 0 Å². The van der Waals surface area contributed by atoms with E-state index in [2.05, 4.69) is 30.6 Å². The summed E-state index contributed by atoms with van der Waals surface area (Å²) in [6, 6.07) is -2.51. The van der Waals surface area contributed by atoms with Gasteiger partial charge in [-0.2, -0.15) is 13.2 Å². The number of pyridine rings is 1. The largest absolute Gasteiger partial charge is 0.416 e. The van der Waals surface area contributed by atoms with Crippen molar-refractivity contribution in [2.75, 3.05) is 10.6 Å². The SMILES string of the molecule is [2H]c1nc(Nc2c([2H])c(C(=O)Nc3cc(-n4c([2H])nc(C([2H])([2H])[2H])c4[2H])cc(C(F)(F)F)c3)c([2H])c([2H])c2C)nc(-c2c([2H])nc([2H])c([2H])c2[2H])c1[2H]. The average molecular weight is 544 g/mol. The molecule has 5 aromatic rings. The number of imidazole rings is 1. The Morgan fingerprint density at radius 1 is 1.10 bits per heavy atom. The number of carbonyl (C=O) groups excluding carboxylic acids is 1. The molecule has 0 unspecified atom stereocenters. The van der Waals surface area contributed by atoms with Crippen molar-refractivity contribution in [3.05, 3.63) is 108 Å². The molecule has 0 fully saturated rings. The van der Waals surface area contributed by atoms with Gasteiger partial charge >= 0.3 is 6.18 Å².